The normalized spacial score (nSPS) is 10.9. The lowest BCUT2D eigenvalue weighted by Gasteiger charge is -2.20. The van der Waals surface area contributed by atoms with Crippen molar-refractivity contribution < 1.29 is 13.9 Å². The first kappa shape index (κ1) is 19.7. The third-order valence-electron chi connectivity index (χ3n) is 4.02. The molecule has 142 valence electrons. The molecule has 3 rings (SSSR count). The SMILES string of the molecule is COc1cc(C#CC(C)(C)NC(=O)c2cnc3c(F)cccc3c2)ccc1Cl. The van der Waals surface area contributed by atoms with Crippen molar-refractivity contribution in [2.24, 2.45) is 0 Å². The van der Waals surface area contributed by atoms with Gasteiger partial charge >= 0.3 is 0 Å². The minimum atomic E-state index is -0.805. The van der Waals surface area contributed by atoms with E-state index in [2.05, 4.69) is 22.1 Å². The Morgan fingerprint density at radius 2 is 2.04 bits per heavy atom. The quantitative estimate of drug-likeness (QED) is 0.658. The number of nitrogens with zero attached hydrogens (tertiary/aromatic N) is 1. The lowest BCUT2D eigenvalue weighted by atomic mass is 10.0. The van der Waals surface area contributed by atoms with Gasteiger partial charge in [-0.25, -0.2) is 4.39 Å². The van der Waals surface area contributed by atoms with Crippen LogP contribution in [0, 0.1) is 17.7 Å². The molecule has 0 saturated heterocycles. The Balaban J connectivity index is 1.80. The van der Waals surface area contributed by atoms with Crippen LogP contribution >= 0.6 is 11.6 Å². The Kier molecular flexibility index (Phi) is 5.53. The van der Waals surface area contributed by atoms with Crippen LogP contribution in [-0.2, 0) is 0 Å². The number of pyridine rings is 1. The molecular weight excluding hydrogens is 379 g/mol. The highest BCUT2D eigenvalue weighted by atomic mass is 35.5. The van der Waals surface area contributed by atoms with Crippen LogP contribution in [0.25, 0.3) is 10.9 Å². The third-order valence-corrected chi connectivity index (χ3v) is 4.33. The number of rotatable bonds is 3. The number of aromatic nitrogens is 1. The summed E-state index contributed by atoms with van der Waals surface area (Å²) in [6.07, 6.45) is 1.36. The number of ether oxygens (including phenoxy) is 1. The smallest absolute Gasteiger partial charge is 0.254 e. The molecule has 0 aliphatic carbocycles. The van der Waals surface area contributed by atoms with Gasteiger partial charge < -0.3 is 10.1 Å². The van der Waals surface area contributed by atoms with E-state index in [0.29, 0.717) is 27.3 Å². The predicted octanol–water partition coefficient (Wildman–Crippen LogP) is 4.60. The first-order chi connectivity index (χ1) is 13.3. The zero-order valence-electron chi connectivity index (χ0n) is 15.6. The van der Waals surface area contributed by atoms with Gasteiger partial charge in [-0.3, -0.25) is 9.78 Å². The van der Waals surface area contributed by atoms with E-state index in [1.165, 1.54) is 19.4 Å². The highest BCUT2D eigenvalue weighted by Gasteiger charge is 2.19. The van der Waals surface area contributed by atoms with Gasteiger partial charge in [0, 0.05) is 17.1 Å². The first-order valence-electron chi connectivity index (χ1n) is 8.52. The summed E-state index contributed by atoms with van der Waals surface area (Å²) in [5, 5.41) is 3.92. The molecule has 0 atom stereocenters. The second-order valence-corrected chi connectivity index (χ2v) is 7.12. The van der Waals surface area contributed by atoms with Crippen molar-refractivity contribution in [1.82, 2.24) is 10.3 Å². The Labute approximate surface area is 167 Å². The molecule has 1 aromatic heterocycles. The minimum absolute atomic E-state index is 0.231. The number of amides is 1. The summed E-state index contributed by atoms with van der Waals surface area (Å²) < 4.78 is 18.9. The number of fused-ring (bicyclic) bond motifs is 1. The van der Waals surface area contributed by atoms with Crippen LogP contribution in [0.3, 0.4) is 0 Å². The molecule has 0 spiro atoms. The Hall–Kier alpha value is -3.10. The lowest BCUT2D eigenvalue weighted by molar-refractivity contribution is 0.0929. The van der Waals surface area contributed by atoms with Crippen molar-refractivity contribution in [3.8, 4) is 17.6 Å². The number of halogens is 2. The van der Waals surface area contributed by atoms with Crippen molar-refractivity contribution in [3.63, 3.8) is 0 Å². The van der Waals surface area contributed by atoms with Crippen LogP contribution in [-0.4, -0.2) is 23.5 Å². The molecule has 1 amide bonds. The third kappa shape index (κ3) is 4.41. The second-order valence-electron chi connectivity index (χ2n) is 6.71. The second kappa shape index (κ2) is 7.87. The van der Waals surface area contributed by atoms with Crippen molar-refractivity contribution >= 4 is 28.4 Å². The van der Waals surface area contributed by atoms with E-state index in [4.69, 9.17) is 16.3 Å². The highest BCUT2D eigenvalue weighted by Crippen LogP contribution is 2.24. The number of carbonyl (C=O) groups excluding carboxylic acids is 1. The fraction of sp³-hybridized carbons (Fsp3) is 0.182. The molecule has 3 aromatic rings. The van der Waals surface area contributed by atoms with E-state index >= 15 is 0 Å². The number of para-hydroxylation sites is 1. The zero-order chi connectivity index (χ0) is 20.3. The summed E-state index contributed by atoms with van der Waals surface area (Å²) >= 11 is 6.01. The molecule has 0 bridgehead atoms. The molecule has 1 N–H and O–H groups in total. The van der Waals surface area contributed by atoms with Crippen LogP contribution in [0.4, 0.5) is 4.39 Å². The van der Waals surface area contributed by atoms with E-state index in [1.54, 1.807) is 50.2 Å². The van der Waals surface area contributed by atoms with Gasteiger partial charge in [-0.05, 0) is 44.2 Å². The van der Waals surface area contributed by atoms with Gasteiger partial charge in [0.25, 0.3) is 5.91 Å². The van der Waals surface area contributed by atoms with Crippen LogP contribution in [0.15, 0.2) is 48.7 Å². The number of hydrogen-bond donors (Lipinski definition) is 1. The molecular formula is C22H18ClFN2O2. The molecule has 1 heterocycles. The zero-order valence-corrected chi connectivity index (χ0v) is 16.4. The Bertz CT molecular complexity index is 1120. The van der Waals surface area contributed by atoms with Crippen LogP contribution in [0.1, 0.15) is 29.8 Å². The average molecular weight is 397 g/mol. The fourth-order valence-corrected chi connectivity index (χ4v) is 2.80. The van der Waals surface area contributed by atoms with E-state index < -0.39 is 11.4 Å². The maximum Gasteiger partial charge on any atom is 0.254 e. The molecule has 4 nitrogen and oxygen atoms in total. The van der Waals surface area contributed by atoms with Gasteiger partial charge in [0.2, 0.25) is 0 Å². The maximum atomic E-state index is 13.7. The van der Waals surface area contributed by atoms with Gasteiger partial charge in [-0.15, -0.1) is 0 Å². The van der Waals surface area contributed by atoms with E-state index in [0.717, 1.165) is 0 Å². The minimum Gasteiger partial charge on any atom is -0.495 e. The predicted molar refractivity (Wildman–Crippen MR) is 108 cm³/mol. The molecule has 28 heavy (non-hydrogen) atoms. The summed E-state index contributed by atoms with van der Waals surface area (Å²) in [4.78, 5) is 16.6. The first-order valence-corrected chi connectivity index (χ1v) is 8.90. The molecule has 0 unspecified atom stereocenters. The van der Waals surface area contributed by atoms with Gasteiger partial charge in [-0.2, -0.15) is 0 Å². The maximum absolute atomic E-state index is 13.7. The van der Waals surface area contributed by atoms with E-state index in [9.17, 15) is 9.18 Å². The Morgan fingerprint density at radius 3 is 2.79 bits per heavy atom. The lowest BCUT2D eigenvalue weighted by Crippen LogP contribution is -2.42. The van der Waals surface area contributed by atoms with Crippen LogP contribution in [0.5, 0.6) is 5.75 Å². The molecule has 0 radical (unpaired) electrons. The molecule has 0 aliphatic heterocycles. The highest BCUT2D eigenvalue weighted by molar-refractivity contribution is 6.32. The van der Waals surface area contributed by atoms with Gasteiger partial charge in [0.05, 0.1) is 23.2 Å². The monoisotopic (exact) mass is 396 g/mol. The summed E-state index contributed by atoms with van der Waals surface area (Å²) in [6, 6.07) is 11.4. The van der Waals surface area contributed by atoms with Crippen molar-refractivity contribution in [1.29, 1.82) is 0 Å². The summed E-state index contributed by atoms with van der Waals surface area (Å²) in [7, 11) is 1.53. The summed E-state index contributed by atoms with van der Waals surface area (Å²) in [5.41, 5.74) is 0.475. The van der Waals surface area contributed by atoms with Gasteiger partial charge in [-0.1, -0.05) is 35.6 Å². The van der Waals surface area contributed by atoms with Crippen molar-refractivity contribution in [2.75, 3.05) is 7.11 Å². The van der Waals surface area contributed by atoms with E-state index in [-0.39, 0.29) is 11.4 Å². The van der Waals surface area contributed by atoms with Crippen LogP contribution in [0.2, 0.25) is 5.02 Å². The molecule has 6 heteroatoms. The van der Waals surface area contributed by atoms with Gasteiger partial charge in [0.1, 0.15) is 17.1 Å². The topological polar surface area (TPSA) is 51.2 Å². The fourth-order valence-electron chi connectivity index (χ4n) is 2.60. The van der Waals surface area contributed by atoms with Gasteiger partial charge in [0.15, 0.2) is 0 Å². The average Bonchev–Trinajstić information content (AvgIpc) is 2.67. The number of carbonyl (C=O) groups is 1. The number of nitrogens with one attached hydrogen (secondary N) is 1. The van der Waals surface area contributed by atoms with Crippen molar-refractivity contribution in [3.05, 3.63) is 70.6 Å². The number of methoxy groups -OCH3 is 1. The molecule has 0 aliphatic rings. The summed E-state index contributed by atoms with van der Waals surface area (Å²) in [5.74, 6) is 5.81. The molecule has 2 aromatic carbocycles. The van der Waals surface area contributed by atoms with Crippen LogP contribution < -0.4 is 10.1 Å². The Morgan fingerprint density at radius 1 is 1.25 bits per heavy atom. The molecule has 0 saturated carbocycles. The number of hydrogen-bond acceptors (Lipinski definition) is 3. The molecule has 0 fully saturated rings. The number of benzene rings is 2. The van der Waals surface area contributed by atoms with E-state index in [1.807, 2.05) is 0 Å². The largest absolute Gasteiger partial charge is 0.495 e. The van der Waals surface area contributed by atoms with Crippen molar-refractivity contribution in [2.45, 2.75) is 19.4 Å². The standard InChI is InChI=1S/C22H18ClFN2O2/c1-22(2,10-9-14-7-8-17(23)19(11-14)28-3)26-21(27)16-12-15-5-4-6-18(24)20(15)25-13-16/h4-8,11-13H,1-3H3,(H,26,27). The summed E-state index contributed by atoms with van der Waals surface area (Å²) in [6.45, 7) is 3.58.